The molecule has 1 unspecified atom stereocenters. The number of nitrogens with one attached hydrogen (secondary N) is 2. The zero-order chi connectivity index (χ0) is 22.3. The summed E-state index contributed by atoms with van der Waals surface area (Å²) in [5, 5.41) is 8.72. The molecule has 1 aromatic heterocycles. The van der Waals surface area contributed by atoms with Crippen LogP contribution in [0.4, 0.5) is 18.9 Å². The van der Waals surface area contributed by atoms with Gasteiger partial charge in [0.25, 0.3) is 11.8 Å². The van der Waals surface area contributed by atoms with Gasteiger partial charge in [0.05, 0.1) is 17.3 Å². The number of carbonyl (C=O) groups excluding carboxylic acids is 4. The van der Waals surface area contributed by atoms with Crippen molar-refractivity contribution in [1.82, 2.24) is 20.0 Å². The Balaban J connectivity index is 1.53. The molecule has 1 atom stereocenters. The standard InChI is InChI=1S/C19H16F3N5O4/c20-19(21,22)9-26-8-10(7-24-26)6-23-12-3-1-2-11-15(12)18(31)27(17(11)30)13-4-5-14(28)25-16(13)29/h1-3,7-8,13,23H,4-6,9H2,(H,25,28,29). The Labute approximate surface area is 173 Å². The average Bonchev–Trinajstić information content (AvgIpc) is 3.22. The Hall–Kier alpha value is -3.70. The van der Waals surface area contributed by atoms with Crippen molar-refractivity contribution >= 4 is 29.3 Å². The van der Waals surface area contributed by atoms with Crippen LogP contribution >= 0.6 is 0 Å². The van der Waals surface area contributed by atoms with Crippen LogP contribution < -0.4 is 10.6 Å². The molecular weight excluding hydrogens is 419 g/mol. The van der Waals surface area contributed by atoms with Gasteiger partial charge in [0.15, 0.2) is 0 Å². The molecule has 2 aliphatic heterocycles. The molecule has 31 heavy (non-hydrogen) atoms. The third kappa shape index (κ3) is 4.00. The highest BCUT2D eigenvalue weighted by Crippen LogP contribution is 2.32. The number of aromatic nitrogens is 2. The molecule has 9 nitrogen and oxygen atoms in total. The van der Waals surface area contributed by atoms with Crippen LogP contribution in [0.3, 0.4) is 0 Å². The number of carbonyl (C=O) groups is 4. The minimum atomic E-state index is -4.40. The predicted molar refractivity (Wildman–Crippen MR) is 98.7 cm³/mol. The van der Waals surface area contributed by atoms with Gasteiger partial charge in [0.1, 0.15) is 12.6 Å². The van der Waals surface area contributed by atoms with Gasteiger partial charge in [-0.25, -0.2) is 0 Å². The Morgan fingerprint density at radius 2 is 1.94 bits per heavy atom. The van der Waals surface area contributed by atoms with Crippen LogP contribution in [0.1, 0.15) is 39.1 Å². The third-order valence-corrected chi connectivity index (χ3v) is 4.98. The Kier molecular flexibility index (Phi) is 4.99. The lowest BCUT2D eigenvalue weighted by molar-refractivity contribution is -0.142. The first-order valence-corrected chi connectivity index (χ1v) is 9.30. The van der Waals surface area contributed by atoms with E-state index >= 15 is 0 Å². The molecule has 0 radical (unpaired) electrons. The number of piperidine rings is 1. The number of hydrogen-bond acceptors (Lipinski definition) is 6. The summed E-state index contributed by atoms with van der Waals surface area (Å²) < 4.78 is 38.2. The van der Waals surface area contributed by atoms with E-state index in [0.717, 1.165) is 9.58 Å². The van der Waals surface area contributed by atoms with Crippen molar-refractivity contribution in [3.8, 4) is 0 Å². The fraction of sp³-hybridized carbons (Fsp3) is 0.316. The van der Waals surface area contributed by atoms with Crippen LogP contribution in [0.25, 0.3) is 0 Å². The first kappa shape index (κ1) is 20.6. The lowest BCUT2D eigenvalue weighted by Crippen LogP contribution is -2.54. The second kappa shape index (κ2) is 7.52. The van der Waals surface area contributed by atoms with Crippen LogP contribution in [0.15, 0.2) is 30.6 Å². The van der Waals surface area contributed by atoms with Gasteiger partial charge in [-0.2, -0.15) is 18.3 Å². The van der Waals surface area contributed by atoms with Gasteiger partial charge in [-0.1, -0.05) is 6.07 Å². The van der Waals surface area contributed by atoms with E-state index in [-0.39, 0.29) is 30.5 Å². The quantitative estimate of drug-likeness (QED) is 0.688. The second-order valence-corrected chi connectivity index (χ2v) is 7.19. The summed E-state index contributed by atoms with van der Waals surface area (Å²) in [6.45, 7) is -1.16. The zero-order valence-corrected chi connectivity index (χ0v) is 15.9. The second-order valence-electron chi connectivity index (χ2n) is 7.19. The van der Waals surface area contributed by atoms with E-state index < -0.39 is 42.4 Å². The van der Waals surface area contributed by atoms with E-state index in [1.54, 1.807) is 12.1 Å². The highest BCUT2D eigenvalue weighted by molar-refractivity contribution is 6.25. The molecule has 2 aromatic rings. The fourth-order valence-corrected chi connectivity index (χ4v) is 3.63. The molecule has 1 saturated heterocycles. The molecule has 4 rings (SSSR count). The van der Waals surface area contributed by atoms with E-state index in [9.17, 15) is 32.3 Å². The van der Waals surface area contributed by atoms with Crippen LogP contribution in [-0.4, -0.2) is 50.5 Å². The number of rotatable bonds is 5. The van der Waals surface area contributed by atoms with Crippen LogP contribution in [0.2, 0.25) is 0 Å². The van der Waals surface area contributed by atoms with Crippen molar-refractivity contribution in [2.45, 2.75) is 38.1 Å². The van der Waals surface area contributed by atoms with Gasteiger partial charge in [0, 0.05) is 30.4 Å². The molecule has 0 aliphatic carbocycles. The highest BCUT2D eigenvalue weighted by Gasteiger charge is 2.45. The van der Waals surface area contributed by atoms with E-state index in [1.807, 2.05) is 0 Å². The van der Waals surface area contributed by atoms with E-state index in [4.69, 9.17) is 0 Å². The summed E-state index contributed by atoms with van der Waals surface area (Å²) in [6.07, 6.45) is -1.85. The molecule has 0 spiro atoms. The molecule has 2 aliphatic rings. The lowest BCUT2D eigenvalue weighted by Gasteiger charge is -2.27. The Morgan fingerprint density at radius 3 is 2.65 bits per heavy atom. The number of benzene rings is 1. The first-order valence-electron chi connectivity index (χ1n) is 9.30. The Morgan fingerprint density at radius 1 is 1.16 bits per heavy atom. The number of fused-ring (bicyclic) bond motifs is 1. The normalized spacial score (nSPS) is 18.9. The topological polar surface area (TPSA) is 113 Å². The minimum Gasteiger partial charge on any atom is -0.380 e. The molecule has 1 fully saturated rings. The number of nitrogens with zero attached hydrogens (tertiary/aromatic N) is 3. The summed E-state index contributed by atoms with van der Waals surface area (Å²) in [5.41, 5.74) is 0.919. The maximum Gasteiger partial charge on any atom is 0.408 e. The molecule has 1 aromatic carbocycles. The molecule has 0 bridgehead atoms. The number of anilines is 1. The molecule has 3 heterocycles. The van der Waals surface area contributed by atoms with Gasteiger partial charge in [-0.15, -0.1) is 0 Å². The third-order valence-electron chi connectivity index (χ3n) is 4.98. The van der Waals surface area contributed by atoms with Crippen molar-refractivity contribution in [2.24, 2.45) is 0 Å². The maximum absolute atomic E-state index is 13.0. The van der Waals surface area contributed by atoms with Gasteiger partial charge in [-0.3, -0.25) is 34.1 Å². The summed E-state index contributed by atoms with van der Waals surface area (Å²) in [4.78, 5) is 50.1. The molecular formula is C19H16F3N5O4. The SMILES string of the molecule is O=C1CCC(N2C(=O)c3cccc(NCc4cnn(CC(F)(F)F)c4)c3C2=O)C(=O)N1. The lowest BCUT2D eigenvalue weighted by atomic mass is 10.0. The molecule has 12 heteroatoms. The van der Waals surface area contributed by atoms with Crippen molar-refractivity contribution in [1.29, 1.82) is 0 Å². The van der Waals surface area contributed by atoms with Gasteiger partial charge in [-0.05, 0) is 18.6 Å². The Bertz CT molecular complexity index is 1090. The number of amides is 4. The van der Waals surface area contributed by atoms with Crippen molar-refractivity contribution in [2.75, 3.05) is 5.32 Å². The summed E-state index contributed by atoms with van der Waals surface area (Å²) in [7, 11) is 0. The van der Waals surface area contributed by atoms with Crippen molar-refractivity contribution in [3.63, 3.8) is 0 Å². The maximum atomic E-state index is 13.0. The number of halogens is 3. The number of hydrogen-bond donors (Lipinski definition) is 2. The average molecular weight is 435 g/mol. The largest absolute Gasteiger partial charge is 0.408 e. The van der Waals surface area contributed by atoms with E-state index in [0.29, 0.717) is 11.3 Å². The monoisotopic (exact) mass is 435 g/mol. The van der Waals surface area contributed by atoms with Crippen LogP contribution in [0, 0.1) is 0 Å². The highest BCUT2D eigenvalue weighted by atomic mass is 19.4. The van der Waals surface area contributed by atoms with Crippen LogP contribution in [-0.2, 0) is 22.7 Å². The van der Waals surface area contributed by atoms with Gasteiger partial charge < -0.3 is 5.32 Å². The summed E-state index contributed by atoms with van der Waals surface area (Å²) >= 11 is 0. The predicted octanol–water partition coefficient (Wildman–Crippen LogP) is 1.46. The number of alkyl halides is 3. The van der Waals surface area contributed by atoms with E-state index in [2.05, 4.69) is 15.7 Å². The molecule has 2 N–H and O–H groups in total. The minimum absolute atomic E-state index is 0.0107. The summed E-state index contributed by atoms with van der Waals surface area (Å²) in [6, 6.07) is 3.47. The van der Waals surface area contributed by atoms with Crippen LogP contribution in [0.5, 0.6) is 0 Å². The first-order chi connectivity index (χ1) is 14.6. The van der Waals surface area contributed by atoms with Gasteiger partial charge >= 0.3 is 6.18 Å². The van der Waals surface area contributed by atoms with E-state index in [1.165, 1.54) is 18.5 Å². The fourth-order valence-electron chi connectivity index (χ4n) is 3.63. The summed E-state index contributed by atoms with van der Waals surface area (Å²) in [5.74, 6) is -2.50. The molecule has 0 saturated carbocycles. The zero-order valence-electron chi connectivity index (χ0n) is 15.9. The smallest absolute Gasteiger partial charge is 0.380 e. The van der Waals surface area contributed by atoms with Crippen molar-refractivity contribution in [3.05, 3.63) is 47.3 Å². The molecule has 4 amide bonds. The van der Waals surface area contributed by atoms with Crippen molar-refractivity contribution < 1.29 is 32.3 Å². The number of imide groups is 2. The van der Waals surface area contributed by atoms with Gasteiger partial charge in [0.2, 0.25) is 11.8 Å². The molecule has 162 valence electrons.